The van der Waals surface area contributed by atoms with Crippen LogP contribution in [0.4, 0.5) is 0 Å². The van der Waals surface area contributed by atoms with Gasteiger partial charge in [0.2, 0.25) is 11.6 Å². The number of ether oxygens (including phenoxy) is 4. The summed E-state index contributed by atoms with van der Waals surface area (Å²) in [4.78, 5) is 55.6. The first-order chi connectivity index (χ1) is 22.3. The Balaban J connectivity index is 1.76. The minimum Gasteiger partial charge on any atom is -0.462 e. The molecule has 0 aliphatic carbocycles. The summed E-state index contributed by atoms with van der Waals surface area (Å²) in [6.07, 6.45) is -0.290. The van der Waals surface area contributed by atoms with E-state index in [1.165, 1.54) is 0 Å². The lowest BCUT2D eigenvalue weighted by molar-refractivity contribution is -0.181. The average Bonchev–Trinajstić information content (AvgIpc) is 2.92. The third-order valence-electron chi connectivity index (χ3n) is 9.46. The van der Waals surface area contributed by atoms with Crippen LogP contribution >= 0.6 is 15.2 Å². The van der Waals surface area contributed by atoms with E-state index in [-0.39, 0.29) is 19.6 Å². The summed E-state index contributed by atoms with van der Waals surface area (Å²) in [6, 6.07) is 10.5. The monoisotopic (exact) mass is 744 g/mol. The standard InChI is InChI=1S/C33H54N2O11P2Si/c1-31(2,49(7,8)42)16-15-28(35(23-48(39,40)41)18-25-12-10-14-27-21-44-33(5,6)46-30(25)27)19-34(22-47(36,37)38)17-24-11-9-13-26-20-43-32(3,4)45-29(24)26/h9-14,28,42H,15-23H2,1-8H3,(H2,36,37,38)(H2,39,40,41). The third-order valence-corrected chi connectivity index (χ3v) is 14.5. The van der Waals surface area contributed by atoms with E-state index in [1.54, 1.807) is 37.5 Å². The van der Waals surface area contributed by atoms with Crippen LogP contribution in [0.1, 0.15) is 76.6 Å². The van der Waals surface area contributed by atoms with Crippen LogP contribution in [0.15, 0.2) is 36.4 Å². The van der Waals surface area contributed by atoms with Gasteiger partial charge in [0.05, 0.1) is 13.2 Å². The molecule has 2 aromatic carbocycles. The highest BCUT2D eigenvalue weighted by Crippen LogP contribution is 2.44. The van der Waals surface area contributed by atoms with Crippen molar-refractivity contribution in [1.82, 2.24) is 9.80 Å². The van der Waals surface area contributed by atoms with Gasteiger partial charge in [0.1, 0.15) is 24.1 Å². The Kier molecular flexibility index (Phi) is 12.1. The van der Waals surface area contributed by atoms with Crippen molar-refractivity contribution in [2.75, 3.05) is 19.1 Å². The Hall–Kier alpha value is -1.64. The molecule has 13 nitrogen and oxygen atoms in total. The Morgan fingerprint density at radius 3 is 1.73 bits per heavy atom. The molecule has 0 aromatic heterocycles. The fourth-order valence-corrected chi connectivity index (χ4v) is 8.31. The van der Waals surface area contributed by atoms with Crippen molar-refractivity contribution in [1.29, 1.82) is 0 Å². The maximum absolute atomic E-state index is 12.7. The van der Waals surface area contributed by atoms with Gasteiger partial charge in [-0.25, -0.2) is 0 Å². The van der Waals surface area contributed by atoms with E-state index in [1.807, 2.05) is 63.3 Å². The van der Waals surface area contributed by atoms with Gasteiger partial charge in [-0.15, -0.1) is 0 Å². The Morgan fingerprint density at radius 2 is 1.29 bits per heavy atom. The number of rotatable bonds is 15. The number of nitrogens with zero attached hydrogens (tertiary/aromatic N) is 2. The van der Waals surface area contributed by atoms with E-state index >= 15 is 0 Å². The minimum absolute atomic E-state index is 0.0582. The molecule has 5 N–H and O–H groups in total. The van der Waals surface area contributed by atoms with Gasteiger partial charge in [-0.3, -0.25) is 18.9 Å². The van der Waals surface area contributed by atoms with Gasteiger partial charge >= 0.3 is 15.2 Å². The molecule has 0 fully saturated rings. The van der Waals surface area contributed by atoms with E-state index < -0.39 is 58.7 Å². The van der Waals surface area contributed by atoms with Crippen LogP contribution in [0.5, 0.6) is 11.5 Å². The van der Waals surface area contributed by atoms with Crippen LogP contribution in [0.2, 0.25) is 18.1 Å². The summed E-state index contributed by atoms with van der Waals surface area (Å²) in [5, 5.41) is -0.471. The second-order valence-electron chi connectivity index (χ2n) is 15.4. The molecule has 4 rings (SSSR count). The lowest BCUT2D eigenvalue weighted by atomic mass is 9.99. The van der Waals surface area contributed by atoms with Gasteiger partial charge in [-0.05, 0) is 31.0 Å². The molecule has 2 aliphatic heterocycles. The normalized spacial score (nSPS) is 18.4. The molecular weight excluding hydrogens is 690 g/mol. The third kappa shape index (κ3) is 11.4. The van der Waals surface area contributed by atoms with Crippen LogP contribution in [-0.2, 0) is 44.9 Å². The second kappa shape index (κ2) is 14.8. The number of benzene rings is 2. The highest BCUT2D eigenvalue weighted by atomic mass is 31.2. The van der Waals surface area contributed by atoms with Gasteiger partial charge in [0, 0.05) is 75.6 Å². The maximum atomic E-state index is 12.7. The van der Waals surface area contributed by atoms with Crippen molar-refractivity contribution in [3.05, 3.63) is 58.7 Å². The lowest BCUT2D eigenvalue weighted by Crippen LogP contribution is -2.46. The van der Waals surface area contributed by atoms with Gasteiger partial charge in [0.25, 0.3) is 0 Å². The van der Waals surface area contributed by atoms with Crippen molar-refractivity contribution < 1.29 is 52.4 Å². The quantitative estimate of drug-likeness (QED) is 0.111. The fraction of sp³-hybridized carbons (Fsp3) is 0.636. The van der Waals surface area contributed by atoms with Gasteiger partial charge in [-0.2, -0.15) is 0 Å². The number of hydrogen-bond acceptors (Lipinski definition) is 9. The summed E-state index contributed by atoms with van der Waals surface area (Å²) < 4.78 is 49.3. The average molecular weight is 745 g/mol. The van der Waals surface area contributed by atoms with Crippen molar-refractivity contribution in [2.24, 2.45) is 0 Å². The van der Waals surface area contributed by atoms with Crippen molar-refractivity contribution in [2.45, 2.75) is 116 Å². The maximum Gasteiger partial charge on any atom is 0.339 e. The highest BCUT2D eigenvalue weighted by molar-refractivity contribution is 7.51. The predicted molar refractivity (Wildman–Crippen MR) is 188 cm³/mol. The van der Waals surface area contributed by atoms with Crippen molar-refractivity contribution in [3.63, 3.8) is 0 Å². The molecular formula is C33H54N2O11P2Si. The Morgan fingerprint density at radius 1 is 0.816 bits per heavy atom. The molecule has 49 heavy (non-hydrogen) atoms. The van der Waals surface area contributed by atoms with Crippen LogP contribution in [0.25, 0.3) is 0 Å². The Bertz CT molecular complexity index is 1570. The molecule has 1 unspecified atom stereocenters. The smallest absolute Gasteiger partial charge is 0.339 e. The number of hydrogen-bond donors (Lipinski definition) is 5. The molecule has 0 saturated heterocycles. The Labute approximate surface area is 291 Å². The van der Waals surface area contributed by atoms with Gasteiger partial charge in [0.15, 0.2) is 8.32 Å². The van der Waals surface area contributed by atoms with E-state index in [0.29, 0.717) is 48.7 Å². The lowest BCUT2D eigenvalue weighted by Gasteiger charge is -2.41. The summed E-state index contributed by atoms with van der Waals surface area (Å²) >= 11 is 0. The molecule has 2 aliphatic rings. The van der Waals surface area contributed by atoms with E-state index in [2.05, 4.69) is 0 Å². The zero-order valence-corrected chi connectivity index (χ0v) is 32.7. The summed E-state index contributed by atoms with van der Waals surface area (Å²) in [6.45, 7) is 15.7. The van der Waals surface area contributed by atoms with Crippen LogP contribution < -0.4 is 9.47 Å². The molecule has 2 heterocycles. The highest BCUT2D eigenvalue weighted by Gasteiger charge is 2.40. The van der Waals surface area contributed by atoms with Crippen molar-refractivity contribution in [3.8, 4) is 11.5 Å². The summed E-state index contributed by atoms with van der Waals surface area (Å²) in [5.74, 6) is -0.634. The first-order valence-corrected chi connectivity index (χ1v) is 23.0. The minimum atomic E-state index is -4.63. The van der Waals surface area contributed by atoms with E-state index in [4.69, 9.17) is 18.9 Å². The first kappa shape index (κ1) is 40.1. The molecule has 0 saturated carbocycles. The van der Waals surface area contributed by atoms with E-state index in [0.717, 1.165) is 11.1 Å². The van der Waals surface area contributed by atoms with Crippen LogP contribution in [-0.4, -0.2) is 79.2 Å². The molecule has 0 spiro atoms. The topological polar surface area (TPSA) is 179 Å². The number of para-hydroxylation sites is 2. The molecule has 0 bridgehead atoms. The fourth-order valence-electron chi connectivity index (χ4n) is 6.01. The van der Waals surface area contributed by atoms with Crippen LogP contribution in [0.3, 0.4) is 0 Å². The second-order valence-corrected chi connectivity index (χ2v) is 23.1. The number of fused-ring (bicyclic) bond motifs is 2. The van der Waals surface area contributed by atoms with Gasteiger partial charge < -0.3 is 43.3 Å². The van der Waals surface area contributed by atoms with Gasteiger partial charge in [-0.1, -0.05) is 50.2 Å². The molecule has 1 atom stereocenters. The molecule has 2 aromatic rings. The van der Waals surface area contributed by atoms with E-state index in [9.17, 15) is 33.5 Å². The predicted octanol–water partition coefficient (Wildman–Crippen LogP) is 5.68. The summed E-state index contributed by atoms with van der Waals surface area (Å²) in [7, 11) is -11.9. The molecule has 0 amide bonds. The summed E-state index contributed by atoms with van der Waals surface area (Å²) in [5.41, 5.74) is 3.03. The first-order valence-electron chi connectivity index (χ1n) is 16.5. The molecule has 16 heteroatoms. The molecule has 0 radical (unpaired) electrons. The zero-order chi connectivity index (χ0) is 36.6. The van der Waals surface area contributed by atoms with Crippen molar-refractivity contribution >= 4 is 23.5 Å². The molecule has 276 valence electrons. The SMILES string of the molecule is CC1(C)OCc2cccc(CN(CC(CCC(C)(C)[Si](C)(C)O)N(Cc3cccc4c3OC(C)(C)OC4)CP(=O)(O)O)CP(=O)(O)O)c2O1. The largest absolute Gasteiger partial charge is 0.462 e. The zero-order valence-electron chi connectivity index (χ0n) is 29.9. The van der Waals surface area contributed by atoms with Crippen LogP contribution in [0, 0.1) is 0 Å².